The minimum atomic E-state index is -0.608. The highest BCUT2D eigenvalue weighted by molar-refractivity contribution is 7.12. The van der Waals surface area contributed by atoms with Crippen molar-refractivity contribution in [3.8, 4) is 22.3 Å². The lowest BCUT2D eigenvalue weighted by Crippen LogP contribution is -2.31. The van der Waals surface area contributed by atoms with Crippen LogP contribution in [0, 0.1) is 5.13 Å². The summed E-state index contributed by atoms with van der Waals surface area (Å²) in [6.07, 6.45) is -0.0642. The van der Waals surface area contributed by atoms with Crippen molar-refractivity contribution in [1.29, 1.82) is 0 Å². The van der Waals surface area contributed by atoms with Gasteiger partial charge in [0.15, 0.2) is 10.9 Å². The number of hydrogen-bond donors (Lipinski definition) is 2. The molecule has 0 unspecified atom stereocenters. The van der Waals surface area contributed by atoms with Gasteiger partial charge in [-0.2, -0.15) is 4.39 Å². The second kappa shape index (κ2) is 10.4. The van der Waals surface area contributed by atoms with Gasteiger partial charge < -0.3 is 11.1 Å². The Balaban J connectivity index is 1.53. The average Bonchev–Trinajstić information content (AvgIpc) is 3.26. The number of Topliss-reactive ketones (excluding diaryl/α,β-unsaturated/α-hetero) is 1. The fraction of sp³-hybridized carbons (Fsp3) is 0.107. The molecule has 0 spiro atoms. The number of benzene rings is 3. The van der Waals surface area contributed by atoms with Crippen LogP contribution >= 0.6 is 11.3 Å². The second-order valence-corrected chi connectivity index (χ2v) is 9.12. The van der Waals surface area contributed by atoms with Gasteiger partial charge in [0.1, 0.15) is 0 Å². The first kappa shape index (κ1) is 24.0. The molecular weight excluding hydrogens is 463 g/mol. The van der Waals surface area contributed by atoms with Crippen LogP contribution in [0.4, 0.5) is 4.39 Å². The van der Waals surface area contributed by atoms with E-state index in [0.717, 1.165) is 28.0 Å². The van der Waals surface area contributed by atoms with E-state index in [1.807, 2.05) is 30.3 Å². The van der Waals surface area contributed by atoms with Gasteiger partial charge in [-0.25, -0.2) is 0 Å². The molecule has 5 nitrogen and oxygen atoms in total. The van der Waals surface area contributed by atoms with Crippen molar-refractivity contribution in [3.05, 3.63) is 106 Å². The Hall–Kier alpha value is -4.10. The third kappa shape index (κ3) is 5.70. The van der Waals surface area contributed by atoms with Gasteiger partial charge in [0.2, 0.25) is 5.91 Å². The summed E-state index contributed by atoms with van der Waals surface area (Å²) in [6.45, 7) is 1.52. The number of hydrogen-bond acceptors (Lipinski definition) is 4. The van der Waals surface area contributed by atoms with E-state index in [2.05, 4.69) is 5.32 Å². The maximum Gasteiger partial charge on any atom is 0.261 e. The van der Waals surface area contributed by atoms with E-state index in [1.165, 1.54) is 13.0 Å². The largest absolute Gasteiger partial charge is 0.370 e. The molecule has 0 aliphatic carbocycles. The summed E-state index contributed by atoms with van der Waals surface area (Å²) in [5, 5.41) is 2.32. The number of amides is 2. The third-order valence-corrected chi connectivity index (χ3v) is 6.57. The molecule has 0 saturated carbocycles. The number of primary amides is 1. The molecule has 1 heterocycles. The maximum absolute atomic E-state index is 14.8. The number of thiophene rings is 1. The molecule has 1 aromatic heterocycles. The Bertz CT molecular complexity index is 1360. The highest BCUT2D eigenvalue weighted by atomic mass is 32.1. The SMILES string of the molecule is CC(=O)c1ccc(-c2ccc(-c3cc(C(=O)N[C@H](CC(N)=O)c4ccccc4)sc3F)cc2)cc1. The molecular formula is C28H23FN2O3S. The monoisotopic (exact) mass is 486 g/mol. The summed E-state index contributed by atoms with van der Waals surface area (Å²) in [5.74, 6) is -1.02. The van der Waals surface area contributed by atoms with Crippen molar-refractivity contribution in [1.82, 2.24) is 5.32 Å². The Morgan fingerprint density at radius 2 is 1.46 bits per heavy atom. The predicted molar refractivity (Wildman–Crippen MR) is 136 cm³/mol. The van der Waals surface area contributed by atoms with Crippen molar-refractivity contribution in [2.45, 2.75) is 19.4 Å². The Morgan fingerprint density at radius 1 is 0.886 bits per heavy atom. The summed E-state index contributed by atoms with van der Waals surface area (Å²) in [7, 11) is 0. The van der Waals surface area contributed by atoms with Crippen LogP contribution in [0.25, 0.3) is 22.3 Å². The average molecular weight is 487 g/mol. The minimum absolute atomic E-state index is 0.00406. The quantitative estimate of drug-likeness (QED) is 0.310. The van der Waals surface area contributed by atoms with Gasteiger partial charge in [-0.1, -0.05) is 78.9 Å². The second-order valence-electron chi connectivity index (χ2n) is 8.12. The molecule has 3 N–H and O–H groups in total. The Kier molecular flexibility index (Phi) is 7.17. The van der Waals surface area contributed by atoms with Crippen LogP contribution in [0.3, 0.4) is 0 Å². The molecule has 0 saturated heterocycles. The molecule has 3 aromatic carbocycles. The van der Waals surface area contributed by atoms with Crippen molar-refractivity contribution in [2.75, 3.05) is 0 Å². The van der Waals surface area contributed by atoms with E-state index in [-0.39, 0.29) is 17.1 Å². The molecule has 2 amide bonds. The van der Waals surface area contributed by atoms with E-state index in [0.29, 0.717) is 16.7 Å². The summed E-state index contributed by atoms with van der Waals surface area (Å²) >= 11 is 0.751. The topological polar surface area (TPSA) is 89.3 Å². The van der Waals surface area contributed by atoms with E-state index in [4.69, 9.17) is 5.73 Å². The van der Waals surface area contributed by atoms with Crippen molar-refractivity contribution in [2.24, 2.45) is 5.73 Å². The number of nitrogens with two attached hydrogens (primary N) is 1. The Labute approximate surface area is 206 Å². The lowest BCUT2D eigenvalue weighted by atomic mass is 10.00. The lowest BCUT2D eigenvalue weighted by Gasteiger charge is -2.17. The van der Waals surface area contributed by atoms with Gasteiger partial charge in [0.05, 0.1) is 17.3 Å². The number of rotatable bonds is 8. The molecule has 0 fully saturated rings. The lowest BCUT2D eigenvalue weighted by molar-refractivity contribution is -0.118. The number of carbonyl (C=O) groups is 3. The first-order valence-electron chi connectivity index (χ1n) is 11.0. The zero-order chi connectivity index (χ0) is 24.9. The van der Waals surface area contributed by atoms with Crippen LogP contribution in [0.5, 0.6) is 0 Å². The first-order valence-corrected chi connectivity index (χ1v) is 11.8. The zero-order valence-electron chi connectivity index (χ0n) is 19.0. The number of halogens is 1. The fourth-order valence-corrected chi connectivity index (χ4v) is 4.59. The van der Waals surface area contributed by atoms with Crippen LogP contribution in [0.1, 0.15) is 45.0 Å². The van der Waals surface area contributed by atoms with Crippen LogP contribution in [0.15, 0.2) is 84.9 Å². The normalized spacial score (nSPS) is 11.6. The van der Waals surface area contributed by atoms with Gasteiger partial charge in [-0.15, -0.1) is 11.3 Å². The smallest absolute Gasteiger partial charge is 0.261 e. The van der Waals surface area contributed by atoms with Gasteiger partial charge >= 0.3 is 0 Å². The van der Waals surface area contributed by atoms with Crippen LogP contribution in [-0.4, -0.2) is 17.6 Å². The number of nitrogens with one attached hydrogen (secondary N) is 1. The van der Waals surface area contributed by atoms with E-state index in [9.17, 15) is 18.8 Å². The van der Waals surface area contributed by atoms with Gasteiger partial charge in [-0.05, 0) is 35.2 Å². The summed E-state index contributed by atoms with van der Waals surface area (Å²) in [5.41, 5.74) is 9.57. The molecule has 0 bridgehead atoms. The number of carbonyl (C=O) groups excluding carboxylic acids is 3. The minimum Gasteiger partial charge on any atom is -0.370 e. The highest BCUT2D eigenvalue weighted by Crippen LogP contribution is 2.32. The standard InChI is InChI=1S/C28H23FN2O3S/c1-17(32)18-7-9-19(10-8-18)20-11-13-21(14-12-20)23-15-25(35-27(23)29)28(34)31-24(16-26(30)33)22-5-3-2-4-6-22/h2-15,24H,16H2,1H3,(H2,30,33)(H,31,34)/t24-/m1/s1. The summed E-state index contributed by atoms with van der Waals surface area (Å²) < 4.78 is 14.8. The fourth-order valence-electron chi connectivity index (χ4n) is 3.79. The molecule has 176 valence electrons. The zero-order valence-corrected chi connectivity index (χ0v) is 19.8. The third-order valence-electron chi connectivity index (χ3n) is 5.64. The number of ketones is 1. The van der Waals surface area contributed by atoms with Gasteiger partial charge in [-0.3, -0.25) is 14.4 Å². The first-order chi connectivity index (χ1) is 16.8. The van der Waals surface area contributed by atoms with Crippen LogP contribution in [0.2, 0.25) is 0 Å². The molecule has 1 atom stereocenters. The van der Waals surface area contributed by atoms with E-state index in [1.54, 1.807) is 48.5 Å². The van der Waals surface area contributed by atoms with Crippen LogP contribution in [-0.2, 0) is 4.79 Å². The molecule has 7 heteroatoms. The van der Waals surface area contributed by atoms with Crippen molar-refractivity contribution >= 4 is 28.9 Å². The molecule has 4 aromatic rings. The molecule has 4 rings (SSSR count). The van der Waals surface area contributed by atoms with E-state index < -0.39 is 23.0 Å². The van der Waals surface area contributed by atoms with Crippen molar-refractivity contribution in [3.63, 3.8) is 0 Å². The summed E-state index contributed by atoms with van der Waals surface area (Å²) in [4.78, 5) is 36.1. The molecule has 35 heavy (non-hydrogen) atoms. The van der Waals surface area contributed by atoms with Gasteiger partial charge in [0, 0.05) is 11.1 Å². The van der Waals surface area contributed by atoms with Gasteiger partial charge in [0.25, 0.3) is 5.91 Å². The van der Waals surface area contributed by atoms with E-state index >= 15 is 0 Å². The molecule has 0 radical (unpaired) electrons. The summed E-state index contributed by atoms with van der Waals surface area (Å²) in [6, 6.07) is 24.5. The highest BCUT2D eigenvalue weighted by Gasteiger charge is 2.21. The molecule has 0 aliphatic heterocycles. The predicted octanol–water partition coefficient (Wildman–Crippen LogP) is 5.77. The maximum atomic E-state index is 14.8. The van der Waals surface area contributed by atoms with Crippen molar-refractivity contribution < 1.29 is 18.8 Å². The molecule has 0 aliphatic rings. The Morgan fingerprint density at radius 3 is 2.03 bits per heavy atom. The van der Waals surface area contributed by atoms with Crippen LogP contribution < -0.4 is 11.1 Å².